The lowest BCUT2D eigenvalue weighted by Gasteiger charge is -2.16. The van der Waals surface area contributed by atoms with Crippen LogP contribution in [0.3, 0.4) is 0 Å². The molecule has 0 aromatic rings. The lowest BCUT2D eigenvalue weighted by molar-refractivity contribution is -0.137. The number of hydrogen-bond donors (Lipinski definition) is 6. The first-order chi connectivity index (χ1) is 9.96. The van der Waals surface area contributed by atoms with Gasteiger partial charge in [0.15, 0.2) is 0 Å². The van der Waals surface area contributed by atoms with Crippen molar-refractivity contribution < 1.29 is 19.5 Å². The maximum atomic E-state index is 11.8. The minimum Gasteiger partial charge on any atom is -0.481 e. The predicted molar refractivity (Wildman–Crippen MR) is 77.6 cm³/mol. The van der Waals surface area contributed by atoms with Gasteiger partial charge in [0.2, 0.25) is 11.8 Å². The van der Waals surface area contributed by atoms with Crippen molar-refractivity contribution in [3.63, 3.8) is 0 Å². The van der Waals surface area contributed by atoms with Crippen LogP contribution in [0.5, 0.6) is 0 Å². The van der Waals surface area contributed by atoms with Crippen molar-refractivity contribution in [2.75, 3.05) is 33.7 Å². The van der Waals surface area contributed by atoms with Crippen molar-refractivity contribution in [1.29, 1.82) is 0 Å². The molecule has 0 fully saturated rings. The van der Waals surface area contributed by atoms with Gasteiger partial charge in [0, 0.05) is 26.1 Å². The summed E-state index contributed by atoms with van der Waals surface area (Å²) in [5.41, 5.74) is 5.40. The molecule has 9 heteroatoms. The normalized spacial score (nSPS) is 13.3. The maximum Gasteiger partial charge on any atom is 0.303 e. The van der Waals surface area contributed by atoms with E-state index in [1.165, 1.54) is 0 Å². The van der Waals surface area contributed by atoms with E-state index in [-0.39, 0.29) is 44.3 Å². The van der Waals surface area contributed by atoms with E-state index in [9.17, 15) is 14.4 Å². The fourth-order valence-electron chi connectivity index (χ4n) is 1.65. The van der Waals surface area contributed by atoms with Crippen molar-refractivity contribution in [3.8, 4) is 0 Å². The number of aliphatic carboxylic acids is 1. The quantitative estimate of drug-likeness (QED) is 0.226. The van der Waals surface area contributed by atoms with Crippen LogP contribution in [0, 0.1) is 0 Å². The second-order valence-corrected chi connectivity index (χ2v) is 4.43. The van der Waals surface area contributed by atoms with Gasteiger partial charge in [-0.05, 0) is 20.5 Å². The second kappa shape index (κ2) is 11.0. The van der Waals surface area contributed by atoms with E-state index >= 15 is 0 Å². The highest BCUT2D eigenvalue weighted by Gasteiger charge is 2.17. The number of carboxylic acids is 1. The van der Waals surface area contributed by atoms with Crippen molar-refractivity contribution in [2.24, 2.45) is 5.73 Å². The van der Waals surface area contributed by atoms with Crippen LogP contribution in [0.1, 0.15) is 12.8 Å². The van der Waals surface area contributed by atoms with Gasteiger partial charge in [-0.25, -0.2) is 0 Å². The number of likely N-dealkylation sites (N-methyl/N-ethyl adjacent to an activating group) is 2. The highest BCUT2D eigenvalue weighted by Crippen LogP contribution is 1.96. The third-order valence-electron chi connectivity index (χ3n) is 2.94. The average molecular weight is 303 g/mol. The summed E-state index contributed by atoms with van der Waals surface area (Å²) in [6.07, 6.45) is 0.120. The van der Waals surface area contributed by atoms with Crippen LogP contribution in [-0.2, 0) is 14.4 Å². The van der Waals surface area contributed by atoms with Crippen LogP contribution in [-0.4, -0.2) is 68.7 Å². The molecular weight excluding hydrogens is 278 g/mol. The molecule has 2 amide bonds. The number of carbonyl (C=O) groups is 3. The van der Waals surface area contributed by atoms with Crippen molar-refractivity contribution in [2.45, 2.75) is 24.9 Å². The molecule has 122 valence electrons. The lowest BCUT2D eigenvalue weighted by Crippen LogP contribution is -2.49. The molecule has 0 bridgehead atoms. The first-order valence-corrected chi connectivity index (χ1v) is 6.78. The summed E-state index contributed by atoms with van der Waals surface area (Å²) in [6.45, 7) is 0.723. The van der Waals surface area contributed by atoms with Gasteiger partial charge in [-0.1, -0.05) is 0 Å². The summed E-state index contributed by atoms with van der Waals surface area (Å²) in [5, 5.41) is 19.4. The minimum absolute atomic E-state index is 0.0873. The van der Waals surface area contributed by atoms with E-state index in [1.807, 2.05) is 0 Å². The Hall–Kier alpha value is -1.71. The summed E-state index contributed by atoms with van der Waals surface area (Å²) >= 11 is 0. The largest absolute Gasteiger partial charge is 0.481 e. The highest BCUT2D eigenvalue weighted by atomic mass is 16.4. The molecule has 0 aliphatic rings. The van der Waals surface area contributed by atoms with Crippen LogP contribution < -0.4 is 27.0 Å². The molecule has 0 spiro atoms. The third kappa shape index (κ3) is 8.23. The van der Waals surface area contributed by atoms with Gasteiger partial charge >= 0.3 is 5.97 Å². The molecule has 0 aromatic heterocycles. The average Bonchev–Trinajstić information content (AvgIpc) is 2.45. The molecule has 0 radical (unpaired) electrons. The molecular formula is C12H25N5O4. The third-order valence-corrected chi connectivity index (χ3v) is 2.94. The number of hydrogen-bond acceptors (Lipinski definition) is 6. The van der Waals surface area contributed by atoms with Crippen molar-refractivity contribution in [1.82, 2.24) is 21.3 Å². The molecule has 21 heavy (non-hydrogen) atoms. The van der Waals surface area contributed by atoms with Gasteiger partial charge in [0.25, 0.3) is 0 Å². The number of carboxylic acid groups (broad SMARTS) is 1. The first kappa shape index (κ1) is 19.3. The molecule has 0 aliphatic heterocycles. The Balaban J connectivity index is 3.96. The van der Waals surface area contributed by atoms with E-state index < -0.39 is 18.1 Å². The predicted octanol–water partition coefficient (Wildman–Crippen LogP) is -2.78. The van der Waals surface area contributed by atoms with Gasteiger partial charge in [0.05, 0.1) is 12.1 Å². The summed E-state index contributed by atoms with van der Waals surface area (Å²) < 4.78 is 0. The highest BCUT2D eigenvalue weighted by molar-refractivity contribution is 5.83. The molecule has 7 N–H and O–H groups in total. The zero-order valence-corrected chi connectivity index (χ0v) is 12.4. The van der Waals surface area contributed by atoms with E-state index in [4.69, 9.17) is 10.8 Å². The minimum atomic E-state index is -0.949. The van der Waals surface area contributed by atoms with Crippen LogP contribution >= 0.6 is 0 Å². The lowest BCUT2D eigenvalue weighted by atomic mass is 10.1. The van der Waals surface area contributed by atoms with Gasteiger partial charge < -0.3 is 32.1 Å². The first-order valence-electron chi connectivity index (χ1n) is 6.78. The SMILES string of the molecule is CNC(CN)C(=O)NCCNC(=O)C(CCC(=O)O)NC. The zero-order valence-electron chi connectivity index (χ0n) is 12.4. The molecule has 2 atom stereocenters. The zero-order chi connectivity index (χ0) is 16.3. The number of rotatable bonds is 11. The number of nitrogens with one attached hydrogen (secondary N) is 4. The van der Waals surface area contributed by atoms with Gasteiger partial charge in [-0.2, -0.15) is 0 Å². The second-order valence-electron chi connectivity index (χ2n) is 4.43. The molecule has 0 aromatic carbocycles. The molecule has 0 rings (SSSR count). The summed E-state index contributed by atoms with van der Waals surface area (Å²) in [5.74, 6) is -1.47. The maximum absolute atomic E-state index is 11.8. The molecule has 0 aliphatic carbocycles. The van der Waals surface area contributed by atoms with Crippen LogP contribution in [0.25, 0.3) is 0 Å². The van der Waals surface area contributed by atoms with E-state index in [0.29, 0.717) is 0 Å². The number of nitrogens with two attached hydrogens (primary N) is 1. The number of carbonyl (C=O) groups excluding carboxylic acids is 2. The Kier molecular flexibility index (Phi) is 10.1. The standard InChI is InChI=1S/C12H25N5O4/c1-14-8(3-4-10(18)19)11(20)16-5-6-17-12(21)9(7-13)15-2/h8-9,14-15H,3-7,13H2,1-2H3,(H,16,20)(H,17,21)(H,18,19). The van der Waals surface area contributed by atoms with Crippen molar-refractivity contribution in [3.05, 3.63) is 0 Å². The van der Waals surface area contributed by atoms with E-state index in [1.54, 1.807) is 14.1 Å². The topological polar surface area (TPSA) is 146 Å². The Morgan fingerprint density at radius 3 is 1.86 bits per heavy atom. The van der Waals surface area contributed by atoms with Crippen LogP contribution in [0.15, 0.2) is 0 Å². The summed E-state index contributed by atoms with van der Waals surface area (Å²) in [7, 11) is 3.23. The summed E-state index contributed by atoms with van der Waals surface area (Å²) in [6, 6.07) is -1.02. The number of amides is 2. The smallest absolute Gasteiger partial charge is 0.303 e. The summed E-state index contributed by atoms with van der Waals surface area (Å²) in [4.78, 5) is 33.8. The van der Waals surface area contributed by atoms with Crippen molar-refractivity contribution >= 4 is 17.8 Å². The van der Waals surface area contributed by atoms with Crippen LogP contribution in [0.2, 0.25) is 0 Å². The van der Waals surface area contributed by atoms with Crippen LogP contribution in [0.4, 0.5) is 0 Å². The fourth-order valence-corrected chi connectivity index (χ4v) is 1.65. The molecule has 9 nitrogen and oxygen atoms in total. The fraction of sp³-hybridized carbons (Fsp3) is 0.750. The van der Waals surface area contributed by atoms with Gasteiger partial charge in [-0.15, -0.1) is 0 Å². The Bertz CT molecular complexity index is 347. The Morgan fingerprint density at radius 1 is 1.00 bits per heavy atom. The van der Waals surface area contributed by atoms with E-state index in [2.05, 4.69) is 21.3 Å². The Morgan fingerprint density at radius 2 is 1.48 bits per heavy atom. The van der Waals surface area contributed by atoms with Gasteiger partial charge in [-0.3, -0.25) is 14.4 Å². The molecule has 0 saturated carbocycles. The monoisotopic (exact) mass is 303 g/mol. The molecule has 0 saturated heterocycles. The van der Waals surface area contributed by atoms with E-state index in [0.717, 1.165) is 0 Å². The molecule has 0 heterocycles. The molecule has 2 unspecified atom stereocenters. The van der Waals surface area contributed by atoms with Gasteiger partial charge in [0.1, 0.15) is 0 Å². The Labute approximate surface area is 124 Å².